The molecule has 0 spiro atoms. The number of alkyl halides is 3. The van der Waals surface area contributed by atoms with Crippen molar-refractivity contribution in [1.29, 1.82) is 0 Å². The highest BCUT2D eigenvalue weighted by atomic mass is 19.4. The van der Waals surface area contributed by atoms with Crippen LogP contribution in [0.15, 0.2) is 67.1 Å². The van der Waals surface area contributed by atoms with E-state index in [0.717, 1.165) is 49.9 Å². The predicted octanol–water partition coefficient (Wildman–Crippen LogP) is 4.57. The van der Waals surface area contributed by atoms with Gasteiger partial charge in [-0.05, 0) is 48.0 Å². The molecule has 204 valence electrons. The van der Waals surface area contributed by atoms with Crippen LogP contribution in [0.4, 0.5) is 18.9 Å². The van der Waals surface area contributed by atoms with Gasteiger partial charge in [0.15, 0.2) is 12.3 Å². The molecule has 5 rings (SSSR count). The Bertz CT molecular complexity index is 1430. The van der Waals surface area contributed by atoms with Crippen LogP contribution in [0, 0.1) is 0 Å². The summed E-state index contributed by atoms with van der Waals surface area (Å²) in [6, 6.07) is 12.8. The van der Waals surface area contributed by atoms with Gasteiger partial charge in [-0.3, -0.25) is 9.69 Å². The summed E-state index contributed by atoms with van der Waals surface area (Å²) in [5, 5.41) is 6.79. The molecule has 0 bridgehead atoms. The second-order valence-electron chi connectivity index (χ2n) is 9.39. The molecule has 0 aliphatic carbocycles. The van der Waals surface area contributed by atoms with Gasteiger partial charge in [-0.15, -0.1) is 0 Å². The number of anilines is 1. The lowest BCUT2D eigenvalue weighted by molar-refractivity contribution is -0.138. The van der Waals surface area contributed by atoms with Crippen molar-refractivity contribution in [2.75, 3.05) is 44.6 Å². The summed E-state index contributed by atoms with van der Waals surface area (Å²) in [4.78, 5) is 21.1. The van der Waals surface area contributed by atoms with Crippen molar-refractivity contribution >= 4 is 17.2 Å². The maximum Gasteiger partial charge on any atom is 0.416 e. The first kappa shape index (κ1) is 26.6. The fourth-order valence-electron chi connectivity index (χ4n) is 4.67. The number of hydrogen-bond acceptors (Lipinski definition) is 6. The summed E-state index contributed by atoms with van der Waals surface area (Å²) in [5.41, 5.74) is 1.99. The number of fused-ring (bicyclic) bond motifs is 1. The standard InChI is InChI=1S/C28H29F3N6O2/c1-2-35-12-14-36(15-13-35)18-21-4-7-22(16-25(21)28(29,30)31)34-26(38)19-39-23-8-5-20(6-9-23)24-17-33-37-11-3-10-32-27(24)37/h3-11,16-17H,2,12-15,18-19H2,1H3,(H,34,38). The summed E-state index contributed by atoms with van der Waals surface area (Å²) in [6.45, 7) is 6.00. The maximum absolute atomic E-state index is 13.9. The lowest BCUT2D eigenvalue weighted by Crippen LogP contribution is -2.45. The van der Waals surface area contributed by atoms with E-state index in [4.69, 9.17) is 4.74 Å². The van der Waals surface area contributed by atoms with E-state index in [9.17, 15) is 18.0 Å². The molecule has 39 heavy (non-hydrogen) atoms. The van der Waals surface area contributed by atoms with E-state index in [0.29, 0.717) is 11.4 Å². The lowest BCUT2D eigenvalue weighted by Gasteiger charge is -2.34. The van der Waals surface area contributed by atoms with Gasteiger partial charge in [-0.25, -0.2) is 9.50 Å². The van der Waals surface area contributed by atoms with Gasteiger partial charge >= 0.3 is 6.18 Å². The molecule has 1 saturated heterocycles. The highest BCUT2D eigenvalue weighted by molar-refractivity contribution is 5.92. The number of amides is 1. The van der Waals surface area contributed by atoms with Gasteiger partial charge in [0.1, 0.15) is 5.75 Å². The van der Waals surface area contributed by atoms with Crippen LogP contribution < -0.4 is 10.1 Å². The summed E-state index contributed by atoms with van der Waals surface area (Å²) >= 11 is 0. The number of carbonyl (C=O) groups excluding carboxylic acids is 1. The second-order valence-corrected chi connectivity index (χ2v) is 9.39. The fourth-order valence-corrected chi connectivity index (χ4v) is 4.67. The molecule has 1 N–H and O–H groups in total. The average Bonchev–Trinajstić information content (AvgIpc) is 3.37. The van der Waals surface area contributed by atoms with Crippen LogP contribution in [-0.2, 0) is 17.5 Å². The third-order valence-corrected chi connectivity index (χ3v) is 6.82. The van der Waals surface area contributed by atoms with Crippen molar-refractivity contribution in [2.24, 2.45) is 0 Å². The SMILES string of the molecule is CCN1CCN(Cc2ccc(NC(=O)COc3ccc(-c4cnn5cccnc45)cc3)cc2C(F)(F)F)CC1. The largest absolute Gasteiger partial charge is 0.484 e. The van der Waals surface area contributed by atoms with Crippen LogP contribution in [-0.4, -0.2) is 69.6 Å². The summed E-state index contributed by atoms with van der Waals surface area (Å²) in [5.74, 6) is -0.102. The lowest BCUT2D eigenvalue weighted by atomic mass is 10.0. The molecule has 2 aromatic heterocycles. The monoisotopic (exact) mass is 538 g/mol. The molecule has 1 aliphatic rings. The molecule has 1 amide bonds. The van der Waals surface area contributed by atoms with Crippen LogP contribution in [0.2, 0.25) is 0 Å². The zero-order valence-corrected chi connectivity index (χ0v) is 21.5. The first-order valence-electron chi connectivity index (χ1n) is 12.8. The fraction of sp³-hybridized carbons (Fsp3) is 0.321. The van der Waals surface area contributed by atoms with Gasteiger partial charge < -0.3 is 15.0 Å². The minimum atomic E-state index is -4.53. The number of hydrogen-bond donors (Lipinski definition) is 1. The molecule has 0 unspecified atom stereocenters. The Kier molecular flexibility index (Phi) is 7.80. The van der Waals surface area contributed by atoms with Gasteiger partial charge in [-0.1, -0.05) is 25.1 Å². The Morgan fingerprint density at radius 2 is 1.79 bits per heavy atom. The Morgan fingerprint density at radius 3 is 2.51 bits per heavy atom. The van der Waals surface area contributed by atoms with Crippen molar-refractivity contribution in [3.63, 3.8) is 0 Å². The number of ether oxygens (including phenoxy) is 1. The number of halogens is 3. The Balaban J connectivity index is 1.19. The number of rotatable bonds is 8. The molecule has 1 aliphatic heterocycles. The number of piperazine rings is 1. The summed E-state index contributed by atoms with van der Waals surface area (Å²) in [6.07, 6.45) is 0.687. The molecule has 0 saturated carbocycles. The van der Waals surface area contributed by atoms with Crippen molar-refractivity contribution < 1.29 is 22.7 Å². The summed E-state index contributed by atoms with van der Waals surface area (Å²) < 4.78 is 48.8. The molecule has 2 aromatic carbocycles. The van der Waals surface area contributed by atoms with Gasteiger partial charge in [0.05, 0.1) is 11.8 Å². The molecule has 4 aromatic rings. The van der Waals surface area contributed by atoms with E-state index in [1.807, 2.05) is 23.2 Å². The number of nitrogens with one attached hydrogen (secondary N) is 1. The highest BCUT2D eigenvalue weighted by Gasteiger charge is 2.34. The molecule has 3 heterocycles. The zero-order chi connectivity index (χ0) is 27.4. The van der Waals surface area contributed by atoms with E-state index in [1.165, 1.54) is 12.1 Å². The quantitative estimate of drug-likeness (QED) is 0.354. The molecule has 0 radical (unpaired) electrons. The Morgan fingerprint density at radius 1 is 1.05 bits per heavy atom. The van der Waals surface area contributed by atoms with Gasteiger partial charge in [0.25, 0.3) is 5.91 Å². The van der Waals surface area contributed by atoms with Crippen LogP contribution >= 0.6 is 0 Å². The third kappa shape index (κ3) is 6.37. The van der Waals surface area contributed by atoms with E-state index in [1.54, 1.807) is 35.1 Å². The number of likely N-dealkylation sites (N-methyl/N-ethyl adjacent to an activating group) is 1. The Labute approximate surface area is 224 Å². The van der Waals surface area contributed by atoms with Crippen LogP contribution in [0.1, 0.15) is 18.1 Å². The van der Waals surface area contributed by atoms with Crippen LogP contribution in [0.25, 0.3) is 16.8 Å². The maximum atomic E-state index is 13.9. The number of nitrogens with zero attached hydrogens (tertiary/aromatic N) is 5. The van der Waals surface area contributed by atoms with Crippen LogP contribution in [0.5, 0.6) is 5.75 Å². The normalized spacial score (nSPS) is 15.0. The second kappa shape index (κ2) is 11.4. The number of benzene rings is 2. The predicted molar refractivity (Wildman–Crippen MR) is 141 cm³/mol. The number of aromatic nitrogens is 3. The molecule has 1 fully saturated rings. The molecule has 0 atom stereocenters. The van der Waals surface area contributed by atoms with E-state index < -0.39 is 17.6 Å². The zero-order valence-electron chi connectivity index (χ0n) is 21.5. The smallest absolute Gasteiger partial charge is 0.416 e. The molecular weight excluding hydrogens is 509 g/mol. The molecular formula is C28H29F3N6O2. The van der Waals surface area contributed by atoms with E-state index in [-0.39, 0.29) is 24.4 Å². The van der Waals surface area contributed by atoms with Crippen molar-refractivity contribution in [2.45, 2.75) is 19.6 Å². The van der Waals surface area contributed by atoms with Crippen molar-refractivity contribution in [1.82, 2.24) is 24.4 Å². The van der Waals surface area contributed by atoms with E-state index >= 15 is 0 Å². The minimum Gasteiger partial charge on any atom is -0.484 e. The topological polar surface area (TPSA) is 75.0 Å². The molecule has 8 nitrogen and oxygen atoms in total. The van der Waals surface area contributed by atoms with Gasteiger partial charge in [0.2, 0.25) is 0 Å². The van der Waals surface area contributed by atoms with Crippen molar-refractivity contribution in [3.05, 3.63) is 78.2 Å². The average molecular weight is 539 g/mol. The first-order valence-corrected chi connectivity index (χ1v) is 12.8. The summed E-state index contributed by atoms with van der Waals surface area (Å²) in [7, 11) is 0. The highest BCUT2D eigenvalue weighted by Crippen LogP contribution is 2.34. The van der Waals surface area contributed by atoms with Gasteiger partial charge in [-0.2, -0.15) is 18.3 Å². The van der Waals surface area contributed by atoms with E-state index in [2.05, 4.69) is 27.2 Å². The van der Waals surface area contributed by atoms with Gasteiger partial charge in [0, 0.05) is 56.4 Å². The first-order chi connectivity index (χ1) is 18.8. The number of carbonyl (C=O) groups is 1. The van der Waals surface area contributed by atoms with Crippen molar-refractivity contribution in [3.8, 4) is 16.9 Å². The Hall–Kier alpha value is -3.96. The van der Waals surface area contributed by atoms with Crippen LogP contribution in [0.3, 0.4) is 0 Å². The third-order valence-electron chi connectivity index (χ3n) is 6.82. The minimum absolute atomic E-state index is 0.0754. The molecule has 11 heteroatoms.